The third-order valence-electron chi connectivity index (χ3n) is 2.24. The molecule has 0 heterocycles. The Bertz CT molecular complexity index is 613. The van der Waals surface area contributed by atoms with Crippen molar-refractivity contribution in [2.45, 2.75) is 0 Å². The third kappa shape index (κ3) is 5.30. The van der Waals surface area contributed by atoms with Crippen LogP contribution in [-0.2, 0) is 0 Å². The summed E-state index contributed by atoms with van der Waals surface area (Å²) in [6.45, 7) is 0. The first-order valence-corrected chi connectivity index (χ1v) is 6.26. The molecule has 0 aliphatic rings. The number of amides is 2. The summed E-state index contributed by atoms with van der Waals surface area (Å²) >= 11 is 11.1. The van der Waals surface area contributed by atoms with E-state index in [9.17, 15) is 9.59 Å². The monoisotopic (exact) mass is 310 g/mol. The molecule has 104 valence electrons. The number of halogens is 2. The fraction of sp³-hybridized carbons (Fsp3) is 0. The Labute approximate surface area is 126 Å². The Morgan fingerprint density at radius 3 is 1.70 bits per heavy atom. The molecule has 20 heavy (non-hydrogen) atoms. The maximum Gasteiger partial charge on any atom is 0.248 e. The van der Waals surface area contributed by atoms with Crippen molar-refractivity contribution >= 4 is 35.0 Å². The normalized spacial score (nSPS) is 9.30. The highest BCUT2D eigenvalue weighted by Crippen LogP contribution is 2.09. The van der Waals surface area contributed by atoms with Crippen molar-refractivity contribution < 1.29 is 9.59 Å². The highest BCUT2D eigenvalue weighted by atomic mass is 35.5. The maximum absolute atomic E-state index is 10.5. The van der Waals surface area contributed by atoms with Gasteiger partial charge in [0.2, 0.25) is 11.8 Å². The van der Waals surface area contributed by atoms with Gasteiger partial charge in [-0.25, -0.2) is 0 Å². The molecule has 0 saturated heterocycles. The molecule has 6 heteroatoms. The van der Waals surface area contributed by atoms with Crippen LogP contribution in [0.2, 0.25) is 10.0 Å². The largest absolute Gasteiger partial charge is 0.366 e. The summed E-state index contributed by atoms with van der Waals surface area (Å²) in [5.41, 5.74) is 10.9. The molecule has 2 rings (SSSR count). The molecule has 0 fully saturated rings. The molecule has 4 N–H and O–H groups in total. The number of benzene rings is 2. The second kappa shape index (κ2) is 7.53. The fourth-order valence-corrected chi connectivity index (χ4v) is 1.57. The van der Waals surface area contributed by atoms with Crippen molar-refractivity contribution in [2.24, 2.45) is 11.5 Å². The molecule has 0 unspecified atom stereocenters. The van der Waals surface area contributed by atoms with E-state index in [4.69, 9.17) is 34.7 Å². The molecule has 0 spiro atoms. The Morgan fingerprint density at radius 1 is 0.750 bits per heavy atom. The van der Waals surface area contributed by atoms with Crippen LogP contribution < -0.4 is 11.5 Å². The highest BCUT2D eigenvalue weighted by molar-refractivity contribution is 6.31. The Hall–Kier alpha value is -2.04. The minimum Gasteiger partial charge on any atom is -0.366 e. The second-order valence-corrected chi connectivity index (χ2v) is 4.62. The molecule has 4 nitrogen and oxygen atoms in total. The van der Waals surface area contributed by atoms with Gasteiger partial charge in [0.25, 0.3) is 0 Å². The van der Waals surface area contributed by atoms with Gasteiger partial charge in [0.05, 0.1) is 0 Å². The van der Waals surface area contributed by atoms with E-state index in [-0.39, 0.29) is 0 Å². The van der Waals surface area contributed by atoms with Gasteiger partial charge in [0.1, 0.15) is 0 Å². The number of carbonyl (C=O) groups excluding carboxylic acids is 2. The molecule has 0 bridgehead atoms. The van der Waals surface area contributed by atoms with Crippen molar-refractivity contribution in [3.05, 3.63) is 69.7 Å². The SMILES string of the molecule is NC(=O)c1ccc(Cl)cc1.NC(=O)c1cccc(Cl)c1. The van der Waals surface area contributed by atoms with Crippen LogP contribution in [0.25, 0.3) is 0 Å². The van der Waals surface area contributed by atoms with E-state index in [1.165, 1.54) is 6.07 Å². The maximum atomic E-state index is 10.5. The van der Waals surface area contributed by atoms with Gasteiger partial charge in [-0.05, 0) is 42.5 Å². The number of rotatable bonds is 2. The van der Waals surface area contributed by atoms with Gasteiger partial charge in [-0.1, -0.05) is 29.3 Å². The fourth-order valence-electron chi connectivity index (χ4n) is 1.26. The summed E-state index contributed by atoms with van der Waals surface area (Å²) < 4.78 is 0. The first kappa shape index (κ1) is 16.0. The van der Waals surface area contributed by atoms with Crippen molar-refractivity contribution in [1.29, 1.82) is 0 Å². The van der Waals surface area contributed by atoms with Gasteiger partial charge in [-0.3, -0.25) is 9.59 Å². The van der Waals surface area contributed by atoms with Crippen LogP contribution in [0.15, 0.2) is 48.5 Å². The molecule has 0 saturated carbocycles. The van der Waals surface area contributed by atoms with E-state index in [1.54, 1.807) is 42.5 Å². The Balaban J connectivity index is 0.000000200. The first-order valence-electron chi connectivity index (χ1n) is 5.51. The lowest BCUT2D eigenvalue weighted by molar-refractivity contribution is 0.0992. The van der Waals surface area contributed by atoms with Gasteiger partial charge in [-0.15, -0.1) is 0 Å². The second-order valence-electron chi connectivity index (χ2n) is 3.75. The van der Waals surface area contributed by atoms with Crippen LogP contribution in [0.4, 0.5) is 0 Å². The van der Waals surface area contributed by atoms with Gasteiger partial charge < -0.3 is 11.5 Å². The zero-order chi connectivity index (χ0) is 15.1. The van der Waals surface area contributed by atoms with Gasteiger partial charge in [-0.2, -0.15) is 0 Å². The average Bonchev–Trinajstić information content (AvgIpc) is 2.40. The molecule has 0 aliphatic heterocycles. The van der Waals surface area contributed by atoms with Crippen LogP contribution in [-0.4, -0.2) is 11.8 Å². The van der Waals surface area contributed by atoms with E-state index in [2.05, 4.69) is 0 Å². The third-order valence-corrected chi connectivity index (χ3v) is 2.72. The van der Waals surface area contributed by atoms with Crippen molar-refractivity contribution in [3.63, 3.8) is 0 Å². The number of carbonyl (C=O) groups is 2. The Morgan fingerprint density at radius 2 is 1.30 bits per heavy atom. The Kier molecular flexibility index (Phi) is 6.03. The lowest BCUT2D eigenvalue weighted by atomic mass is 10.2. The minimum absolute atomic E-state index is 0.434. The molecule has 2 aromatic rings. The lowest BCUT2D eigenvalue weighted by Crippen LogP contribution is -2.10. The van der Waals surface area contributed by atoms with E-state index in [1.807, 2.05) is 0 Å². The van der Waals surface area contributed by atoms with Crippen molar-refractivity contribution in [3.8, 4) is 0 Å². The highest BCUT2D eigenvalue weighted by Gasteiger charge is 1.98. The van der Waals surface area contributed by atoms with E-state index in [0.29, 0.717) is 21.2 Å². The van der Waals surface area contributed by atoms with Crippen molar-refractivity contribution in [2.75, 3.05) is 0 Å². The number of hydrogen-bond donors (Lipinski definition) is 2. The molecule has 0 atom stereocenters. The quantitative estimate of drug-likeness (QED) is 0.893. The summed E-state index contributed by atoms with van der Waals surface area (Å²) in [6.07, 6.45) is 0. The van der Waals surface area contributed by atoms with Crippen LogP contribution in [0.1, 0.15) is 20.7 Å². The van der Waals surface area contributed by atoms with E-state index < -0.39 is 11.8 Å². The summed E-state index contributed by atoms with van der Waals surface area (Å²) in [4.78, 5) is 21.0. The van der Waals surface area contributed by atoms with Gasteiger partial charge in [0, 0.05) is 21.2 Å². The number of primary amides is 2. The molecule has 2 aromatic carbocycles. The predicted molar refractivity (Wildman–Crippen MR) is 79.9 cm³/mol. The number of nitrogens with two attached hydrogens (primary N) is 2. The van der Waals surface area contributed by atoms with Crippen molar-refractivity contribution in [1.82, 2.24) is 0 Å². The summed E-state index contributed by atoms with van der Waals surface area (Å²) in [5, 5.41) is 1.13. The topological polar surface area (TPSA) is 86.2 Å². The molecule has 2 amide bonds. The number of hydrogen-bond acceptors (Lipinski definition) is 2. The zero-order valence-electron chi connectivity index (χ0n) is 10.3. The van der Waals surface area contributed by atoms with E-state index in [0.717, 1.165) is 0 Å². The van der Waals surface area contributed by atoms with Crippen LogP contribution in [0.3, 0.4) is 0 Å². The molecule has 0 radical (unpaired) electrons. The average molecular weight is 311 g/mol. The molecular weight excluding hydrogens is 299 g/mol. The summed E-state index contributed by atoms with van der Waals surface area (Å²) in [6, 6.07) is 13.0. The van der Waals surface area contributed by atoms with E-state index >= 15 is 0 Å². The standard InChI is InChI=1S/2C7H6ClNO/c8-6-3-1-5(2-4-6)7(9)10;8-6-3-1-2-5(4-6)7(9)10/h2*1-4H,(H2,9,10). The van der Waals surface area contributed by atoms with Crippen LogP contribution >= 0.6 is 23.2 Å². The molecule has 0 aliphatic carbocycles. The zero-order valence-corrected chi connectivity index (χ0v) is 11.9. The molecular formula is C14H12Cl2N2O2. The summed E-state index contributed by atoms with van der Waals surface area (Å²) in [7, 11) is 0. The smallest absolute Gasteiger partial charge is 0.248 e. The molecule has 0 aromatic heterocycles. The van der Waals surface area contributed by atoms with Gasteiger partial charge >= 0.3 is 0 Å². The summed E-state index contributed by atoms with van der Waals surface area (Å²) in [5.74, 6) is -0.890. The van der Waals surface area contributed by atoms with Crippen LogP contribution in [0.5, 0.6) is 0 Å². The van der Waals surface area contributed by atoms with Crippen LogP contribution in [0, 0.1) is 0 Å². The minimum atomic E-state index is -0.456. The predicted octanol–water partition coefficient (Wildman–Crippen LogP) is 2.88. The first-order chi connectivity index (χ1) is 9.40. The lowest BCUT2D eigenvalue weighted by Gasteiger charge is -1.93. The van der Waals surface area contributed by atoms with Gasteiger partial charge in [0.15, 0.2) is 0 Å².